The standard InChI is InChI=1S/C28H31F2N3O.C2H6/c1-6-31-33(21(4)5)26(16-20(2)3)25-17-28(29,30)19-32(18-25)27(34)24-14-12-23(13-15-24)22-10-8-7-9-11-22;1-2/h6-16,25H,2,4,17-19H2,1,3,5H3;1-2H3/b26-16-,31-6-;. The fourth-order valence-corrected chi connectivity index (χ4v) is 4.18. The number of carbonyl (C=O) groups excluding carboxylic acids is 1. The molecule has 1 heterocycles. The van der Waals surface area contributed by atoms with Crippen molar-refractivity contribution in [1.29, 1.82) is 0 Å². The van der Waals surface area contributed by atoms with E-state index in [-0.39, 0.29) is 13.0 Å². The quantitative estimate of drug-likeness (QED) is 0.224. The number of nitrogens with zero attached hydrogens (tertiary/aromatic N) is 3. The molecule has 1 unspecified atom stereocenters. The molecule has 0 radical (unpaired) electrons. The van der Waals surface area contributed by atoms with E-state index in [0.717, 1.165) is 11.1 Å². The maximum atomic E-state index is 14.9. The van der Waals surface area contributed by atoms with Gasteiger partial charge in [-0.1, -0.05) is 75.0 Å². The summed E-state index contributed by atoms with van der Waals surface area (Å²) in [4.78, 5) is 14.5. The molecule has 2 aromatic rings. The molecule has 0 bridgehead atoms. The average molecular weight is 494 g/mol. The third kappa shape index (κ3) is 7.48. The first-order valence-electron chi connectivity index (χ1n) is 12.2. The van der Waals surface area contributed by atoms with Crippen LogP contribution in [0.15, 0.2) is 95.9 Å². The van der Waals surface area contributed by atoms with Crippen LogP contribution >= 0.6 is 0 Å². The fraction of sp³-hybridized carbons (Fsp3) is 0.333. The van der Waals surface area contributed by atoms with E-state index in [4.69, 9.17) is 0 Å². The number of amides is 1. The van der Waals surface area contributed by atoms with Crippen LogP contribution in [0.5, 0.6) is 0 Å². The Morgan fingerprint density at radius 2 is 1.64 bits per heavy atom. The second kappa shape index (κ2) is 13.0. The Bertz CT molecular complexity index is 1100. The molecule has 192 valence electrons. The fourth-order valence-electron chi connectivity index (χ4n) is 4.18. The Labute approximate surface area is 214 Å². The Morgan fingerprint density at radius 3 is 2.17 bits per heavy atom. The second-order valence-electron chi connectivity index (χ2n) is 8.72. The lowest BCUT2D eigenvalue weighted by Gasteiger charge is -2.40. The molecule has 1 atom stereocenters. The summed E-state index contributed by atoms with van der Waals surface area (Å²) in [5.41, 5.74) is 4.21. The molecule has 1 fully saturated rings. The highest BCUT2D eigenvalue weighted by atomic mass is 19.3. The summed E-state index contributed by atoms with van der Waals surface area (Å²) in [6.45, 7) is 16.7. The van der Waals surface area contributed by atoms with Gasteiger partial charge in [-0.15, -0.1) is 0 Å². The molecule has 1 aliphatic rings. The molecule has 0 spiro atoms. The van der Waals surface area contributed by atoms with E-state index >= 15 is 0 Å². The van der Waals surface area contributed by atoms with Crippen molar-refractivity contribution < 1.29 is 13.6 Å². The largest absolute Gasteiger partial charge is 0.332 e. The number of benzene rings is 2. The Hall–Kier alpha value is -3.54. The van der Waals surface area contributed by atoms with E-state index in [1.165, 1.54) is 4.90 Å². The van der Waals surface area contributed by atoms with E-state index in [0.29, 0.717) is 22.5 Å². The minimum Gasteiger partial charge on any atom is -0.332 e. The van der Waals surface area contributed by atoms with Crippen molar-refractivity contribution >= 4 is 12.1 Å². The lowest BCUT2D eigenvalue weighted by Crippen LogP contribution is -2.51. The summed E-state index contributed by atoms with van der Waals surface area (Å²) in [5.74, 6) is -4.08. The molecule has 2 aromatic carbocycles. The van der Waals surface area contributed by atoms with Crippen LogP contribution in [0.25, 0.3) is 11.1 Å². The van der Waals surface area contributed by atoms with Crippen LogP contribution in [-0.4, -0.2) is 41.0 Å². The van der Waals surface area contributed by atoms with E-state index in [1.54, 1.807) is 50.2 Å². The number of likely N-dealkylation sites (tertiary alicyclic amines) is 1. The normalized spacial score (nSPS) is 17.2. The number of hydrazone groups is 1. The van der Waals surface area contributed by atoms with E-state index in [2.05, 4.69) is 18.3 Å². The number of hydrogen-bond donors (Lipinski definition) is 0. The van der Waals surface area contributed by atoms with Crippen molar-refractivity contribution in [2.75, 3.05) is 13.1 Å². The van der Waals surface area contributed by atoms with Gasteiger partial charge >= 0.3 is 0 Å². The third-order valence-corrected chi connectivity index (χ3v) is 5.58. The van der Waals surface area contributed by atoms with Crippen LogP contribution in [0, 0.1) is 5.92 Å². The molecule has 36 heavy (non-hydrogen) atoms. The molecule has 1 amide bonds. The van der Waals surface area contributed by atoms with Crippen LogP contribution in [0.2, 0.25) is 0 Å². The highest BCUT2D eigenvalue weighted by molar-refractivity contribution is 5.95. The van der Waals surface area contributed by atoms with Gasteiger partial charge in [-0.25, -0.2) is 13.8 Å². The summed E-state index contributed by atoms with van der Waals surface area (Å²) >= 11 is 0. The summed E-state index contributed by atoms with van der Waals surface area (Å²) in [6, 6.07) is 16.8. The van der Waals surface area contributed by atoms with Crippen molar-refractivity contribution in [3.8, 4) is 11.1 Å². The highest BCUT2D eigenvalue weighted by Gasteiger charge is 2.44. The maximum Gasteiger partial charge on any atom is 0.266 e. The number of piperidine rings is 1. The molecular weight excluding hydrogens is 456 g/mol. The Kier molecular flexibility index (Phi) is 10.3. The Morgan fingerprint density at radius 1 is 1.06 bits per heavy atom. The molecule has 3 rings (SSSR count). The zero-order chi connectivity index (χ0) is 26.9. The predicted octanol–water partition coefficient (Wildman–Crippen LogP) is 7.78. The predicted molar refractivity (Wildman–Crippen MR) is 146 cm³/mol. The molecule has 0 N–H and O–H groups in total. The molecule has 0 aliphatic carbocycles. The number of hydrogen-bond acceptors (Lipinski definition) is 3. The summed E-state index contributed by atoms with van der Waals surface area (Å²) in [6.07, 6.45) is 2.94. The van der Waals surface area contributed by atoms with Gasteiger partial charge in [0.25, 0.3) is 11.8 Å². The van der Waals surface area contributed by atoms with Crippen LogP contribution in [0.1, 0.15) is 51.4 Å². The van der Waals surface area contributed by atoms with Crippen molar-refractivity contribution in [3.05, 3.63) is 96.4 Å². The zero-order valence-electron chi connectivity index (χ0n) is 22.0. The van der Waals surface area contributed by atoms with E-state index in [9.17, 15) is 13.6 Å². The van der Waals surface area contributed by atoms with Gasteiger partial charge in [0.15, 0.2) is 0 Å². The summed E-state index contributed by atoms with van der Waals surface area (Å²) < 4.78 is 29.8. The molecule has 1 aliphatic heterocycles. The molecular formula is C30H37F2N3O. The van der Waals surface area contributed by atoms with E-state index < -0.39 is 24.3 Å². The van der Waals surface area contributed by atoms with Crippen molar-refractivity contribution in [1.82, 2.24) is 9.91 Å². The number of alkyl halides is 2. The summed E-state index contributed by atoms with van der Waals surface area (Å²) in [5, 5.41) is 5.87. The number of rotatable bonds is 7. The lowest BCUT2D eigenvalue weighted by atomic mass is 9.90. The molecule has 0 saturated carbocycles. The number of carbonyl (C=O) groups is 1. The van der Waals surface area contributed by atoms with Crippen molar-refractivity contribution in [2.24, 2.45) is 11.0 Å². The molecule has 4 nitrogen and oxygen atoms in total. The van der Waals surface area contributed by atoms with Gasteiger partial charge in [0.05, 0.1) is 6.54 Å². The number of halogens is 2. The van der Waals surface area contributed by atoms with Gasteiger partial charge in [-0.3, -0.25) is 4.79 Å². The third-order valence-electron chi connectivity index (χ3n) is 5.58. The first kappa shape index (κ1) is 28.7. The molecule has 0 aromatic heterocycles. The van der Waals surface area contributed by atoms with Gasteiger partial charge in [0, 0.05) is 42.1 Å². The van der Waals surface area contributed by atoms with Crippen LogP contribution in [-0.2, 0) is 0 Å². The first-order chi connectivity index (χ1) is 17.1. The highest BCUT2D eigenvalue weighted by Crippen LogP contribution is 2.37. The van der Waals surface area contributed by atoms with Crippen LogP contribution < -0.4 is 0 Å². The smallest absolute Gasteiger partial charge is 0.266 e. The minimum atomic E-state index is -3.03. The van der Waals surface area contributed by atoms with Gasteiger partial charge in [0.1, 0.15) is 0 Å². The monoisotopic (exact) mass is 493 g/mol. The SMILES string of the molecule is C=C(C)/C=C(/C1CN(C(=O)c2ccc(-c3ccccc3)cc2)CC(F)(F)C1)N(/N=C\C)C(=C)C.CC. The zero-order valence-corrected chi connectivity index (χ0v) is 22.0. The van der Waals surface area contributed by atoms with Crippen LogP contribution in [0.4, 0.5) is 8.78 Å². The maximum absolute atomic E-state index is 14.9. The lowest BCUT2D eigenvalue weighted by molar-refractivity contribution is -0.0724. The topological polar surface area (TPSA) is 35.9 Å². The molecule has 6 heteroatoms. The van der Waals surface area contributed by atoms with Gasteiger partial charge in [-0.05, 0) is 50.1 Å². The first-order valence-corrected chi connectivity index (χ1v) is 12.2. The van der Waals surface area contributed by atoms with Crippen LogP contribution in [0.3, 0.4) is 0 Å². The van der Waals surface area contributed by atoms with Crippen molar-refractivity contribution in [2.45, 2.75) is 47.0 Å². The van der Waals surface area contributed by atoms with Gasteiger partial charge < -0.3 is 4.90 Å². The van der Waals surface area contributed by atoms with Gasteiger partial charge in [0.2, 0.25) is 0 Å². The summed E-state index contributed by atoms with van der Waals surface area (Å²) in [7, 11) is 0. The second-order valence-corrected chi connectivity index (χ2v) is 8.72. The van der Waals surface area contributed by atoms with Crippen molar-refractivity contribution in [3.63, 3.8) is 0 Å². The minimum absolute atomic E-state index is 0.150. The average Bonchev–Trinajstić information content (AvgIpc) is 2.86. The van der Waals surface area contributed by atoms with Gasteiger partial charge in [-0.2, -0.15) is 5.10 Å². The Balaban J connectivity index is 0.00000222. The molecule has 1 saturated heterocycles. The number of allylic oxidation sites excluding steroid dienone is 3. The van der Waals surface area contributed by atoms with E-state index in [1.807, 2.05) is 56.3 Å².